The molecule has 178 valence electrons. The number of piperidine rings is 1. The van der Waals surface area contributed by atoms with Crippen LogP contribution < -0.4 is 0 Å². The lowest BCUT2D eigenvalue weighted by Gasteiger charge is -2.36. The van der Waals surface area contributed by atoms with Crippen LogP contribution in [-0.2, 0) is 35.9 Å². The predicted octanol–water partition coefficient (Wildman–Crippen LogP) is 3.14. The lowest BCUT2D eigenvalue weighted by atomic mass is 9.73. The van der Waals surface area contributed by atoms with Gasteiger partial charge in [0.1, 0.15) is 6.04 Å². The largest absolute Gasteiger partial charge is 0.467 e. The highest BCUT2D eigenvalue weighted by atomic mass is 16.5. The fourth-order valence-corrected chi connectivity index (χ4v) is 5.25. The first-order chi connectivity index (χ1) is 16.4. The summed E-state index contributed by atoms with van der Waals surface area (Å²) in [5.74, 6) is -1.41. The molecule has 2 aliphatic rings. The maximum atomic E-state index is 13.9. The third-order valence-corrected chi connectivity index (χ3v) is 7.00. The van der Waals surface area contributed by atoms with Crippen LogP contribution >= 0.6 is 0 Å². The van der Waals surface area contributed by atoms with Crippen LogP contribution in [0.15, 0.2) is 54.6 Å². The van der Waals surface area contributed by atoms with Gasteiger partial charge in [-0.1, -0.05) is 54.6 Å². The molecule has 0 N–H and O–H groups in total. The molecule has 2 saturated heterocycles. The van der Waals surface area contributed by atoms with Gasteiger partial charge in [-0.15, -0.1) is 0 Å². The number of benzene rings is 2. The topological polar surface area (TPSA) is 84.0 Å². The summed E-state index contributed by atoms with van der Waals surface area (Å²) in [4.78, 5) is 55.9. The van der Waals surface area contributed by atoms with Gasteiger partial charge in [-0.2, -0.15) is 0 Å². The van der Waals surface area contributed by atoms with Crippen LogP contribution in [0.4, 0.5) is 0 Å². The molecule has 0 aliphatic carbocycles. The van der Waals surface area contributed by atoms with Crippen molar-refractivity contribution in [1.29, 1.82) is 0 Å². The average Bonchev–Trinajstić information content (AvgIpc) is 3.09. The molecule has 2 heterocycles. The Morgan fingerprint density at radius 3 is 2.44 bits per heavy atom. The van der Waals surface area contributed by atoms with Gasteiger partial charge in [-0.3, -0.25) is 19.3 Å². The van der Waals surface area contributed by atoms with Crippen LogP contribution in [0.3, 0.4) is 0 Å². The van der Waals surface area contributed by atoms with Crippen LogP contribution in [0.25, 0.3) is 0 Å². The summed E-state index contributed by atoms with van der Waals surface area (Å²) in [7, 11) is 1.31. The van der Waals surface area contributed by atoms with E-state index >= 15 is 0 Å². The van der Waals surface area contributed by atoms with E-state index in [0.717, 1.165) is 24.0 Å². The van der Waals surface area contributed by atoms with Gasteiger partial charge in [-0.25, -0.2) is 4.79 Å². The number of likely N-dealkylation sites (tertiary alicyclic amines) is 2. The minimum atomic E-state index is -1.30. The van der Waals surface area contributed by atoms with Crippen molar-refractivity contribution >= 4 is 23.7 Å². The number of rotatable bonds is 6. The zero-order chi connectivity index (χ0) is 24.3. The van der Waals surface area contributed by atoms with Crippen molar-refractivity contribution < 1.29 is 23.9 Å². The van der Waals surface area contributed by atoms with E-state index in [9.17, 15) is 19.2 Å². The molecule has 34 heavy (non-hydrogen) atoms. The molecular formula is C27H30N2O5. The van der Waals surface area contributed by atoms with Crippen LogP contribution in [0.5, 0.6) is 0 Å². The minimum Gasteiger partial charge on any atom is -0.467 e. The molecule has 0 bridgehead atoms. The van der Waals surface area contributed by atoms with Gasteiger partial charge in [0.15, 0.2) is 0 Å². The molecule has 3 amide bonds. The fraction of sp³-hybridized carbons (Fsp3) is 0.407. The number of aryl methyl sites for hydroxylation is 1. The van der Waals surface area contributed by atoms with Gasteiger partial charge in [0.2, 0.25) is 17.7 Å². The number of methoxy groups -OCH3 is 1. The quantitative estimate of drug-likeness (QED) is 0.487. The number of carbonyl (C=O) groups excluding carboxylic acids is 4. The molecule has 0 unspecified atom stereocenters. The lowest BCUT2D eigenvalue weighted by Crippen LogP contribution is -2.51. The molecule has 2 aromatic rings. The summed E-state index contributed by atoms with van der Waals surface area (Å²) in [5.41, 5.74) is 1.08. The van der Waals surface area contributed by atoms with Crippen LogP contribution in [0.2, 0.25) is 0 Å². The summed E-state index contributed by atoms with van der Waals surface area (Å²) >= 11 is 0. The van der Waals surface area contributed by atoms with Gasteiger partial charge < -0.3 is 9.64 Å². The molecule has 2 aliphatic heterocycles. The van der Waals surface area contributed by atoms with Gasteiger partial charge in [0.25, 0.3) is 0 Å². The van der Waals surface area contributed by atoms with Crippen molar-refractivity contribution in [2.75, 3.05) is 13.7 Å². The third-order valence-electron chi connectivity index (χ3n) is 7.00. The Hall–Kier alpha value is -3.48. The molecular weight excluding hydrogens is 432 g/mol. The van der Waals surface area contributed by atoms with Crippen LogP contribution in [0, 0.1) is 6.92 Å². The van der Waals surface area contributed by atoms with Gasteiger partial charge >= 0.3 is 5.97 Å². The Kier molecular flexibility index (Phi) is 6.82. The summed E-state index contributed by atoms with van der Waals surface area (Å²) in [6.45, 7) is 2.48. The minimum absolute atomic E-state index is 0.0774. The fourth-order valence-electron chi connectivity index (χ4n) is 5.25. The predicted molar refractivity (Wildman–Crippen MR) is 125 cm³/mol. The van der Waals surface area contributed by atoms with Crippen molar-refractivity contribution in [2.45, 2.75) is 57.0 Å². The van der Waals surface area contributed by atoms with Gasteiger partial charge in [0.05, 0.1) is 19.1 Å². The maximum Gasteiger partial charge on any atom is 0.328 e. The van der Waals surface area contributed by atoms with E-state index in [1.807, 2.05) is 61.5 Å². The van der Waals surface area contributed by atoms with Crippen molar-refractivity contribution in [1.82, 2.24) is 9.80 Å². The van der Waals surface area contributed by atoms with Crippen molar-refractivity contribution in [3.63, 3.8) is 0 Å². The number of ether oxygens (including phenoxy) is 1. The highest BCUT2D eigenvalue weighted by molar-refractivity contribution is 6.11. The normalized spacial score (nSPS) is 22.7. The van der Waals surface area contributed by atoms with Gasteiger partial charge in [0, 0.05) is 19.4 Å². The molecule has 2 fully saturated rings. The van der Waals surface area contributed by atoms with E-state index in [1.54, 1.807) is 0 Å². The van der Waals surface area contributed by atoms with E-state index in [1.165, 1.54) is 16.9 Å². The Labute approximate surface area is 199 Å². The number of carbonyl (C=O) groups is 4. The molecule has 7 nitrogen and oxygen atoms in total. The first-order valence-corrected chi connectivity index (χ1v) is 11.7. The molecule has 4 rings (SSSR count). The molecule has 2 atom stereocenters. The monoisotopic (exact) mass is 462 g/mol. The number of imide groups is 1. The summed E-state index contributed by atoms with van der Waals surface area (Å²) in [6.07, 6.45) is 1.90. The highest BCUT2D eigenvalue weighted by Gasteiger charge is 2.55. The standard InChI is InChI=1S/C27H30N2O5/c1-19-10-6-7-13-21(19)27(16-23(30)28-15-9-8-14-22(28)25(32)34-2)17-24(31)29(26(27)33)18-20-11-4-3-5-12-20/h3-7,10-13,22H,8-9,14-18H2,1-2H3/t22-,27+/m1/s1. The molecule has 0 radical (unpaired) electrons. The number of nitrogens with zero attached hydrogens (tertiary/aromatic N) is 2. The Morgan fingerprint density at radius 1 is 1.03 bits per heavy atom. The van der Waals surface area contributed by atoms with Crippen LogP contribution in [0.1, 0.15) is 48.8 Å². The summed E-state index contributed by atoms with van der Waals surface area (Å²) in [5, 5.41) is 0. The van der Waals surface area contributed by atoms with E-state index in [-0.39, 0.29) is 37.1 Å². The second-order valence-electron chi connectivity index (χ2n) is 9.14. The number of amides is 3. The zero-order valence-corrected chi connectivity index (χ0v) is 19.7. The van der Waals surface area contributed by atoms with Crippen LogP contribution in [-0.4, -0.2) is 53.2 Å². The highest BCUT2D eigenvalue weighted by Crippen LogP contribution is 2.42. The molecule has 7 heteroatoms. The zero-order valence-electron chi connectivity index (χ0n) is 19.7. The Morgan fingerprint density at radius 2 is 1.74 bits per heavy atom. The maximum absolute atomic E-state index is 13.9. The van der Waals surface area contributed by atoms with E-state index in [4.69, 9.17) is 4.74 Å². The smallest absolute Gasteiger partial charge is 0.328 e. The van der Waals surface area contributed by atoms with E-state index < -0.39 is 17.4 Å². The van der Waals surface area contributed by atoms with Crippen molar-refractivity contribution in [2.24, 2.45) is 0 Å². The first kappa shape index (κ1) is 23.7. The van der Waals surface area contributed by atoms with Crippen molar-refractivity contribution in [3.8, 4) is 0 Å². The summed E-state index contributed by atoms with van der Waals surface area (Å²) in [6, 6.07) is 16.1. The van der Waals surface area contributed by atoms with Gasteiger partial charge in [-0.05, 0) is 42.9 Å². The SMILES string of the molecule is COC(=O)[C@H]1CCCCN1C(=O)C[C@@]1(c2ccccc2C)CC(=O)N(Cc2ccccc2)C1=O. The van der Waals surface area contributed by atoms with E-state index in [2.05, 4.69) is 0 Å². The molecule has 0 aromatic heterocycles. The number of hydrogen-bond acceptors (Lipinski definition) is 5. The second kappa shape index (κ2) is 9.79. The Balaban J connectivity index is 1.70. The second-order valence-corrected chi connectivity index (χ2v) is 9.14. The van der Waals surface area contributed by atoms with Crippen molar-refractivity contribution in [3.05, 3.63) is 71.3 Å². The number of esters is 1. The summed E-state index contributed by atoms with van der Waals surface area (Å²) < 4.78 is 4.93. The average molecular weight is 463 g/mol. The third kappa shape index (κ3) is 4.34. The lowest BCUT2D eigenvalue weighted by molar-refractivity contribution is -0.155. The number of hydrogen-bond donors (Lipinski definition) is 0. The Bertz CT molecular complexity index is 1100. The molecule has 0 saturated carbocycles. The first-order valence-electron chi connectivity index (χ1n) is 11.7. The molecule has 2 aromatic carbocycles. The molecule has 0 spiro atoms. The van der Waals surface area contributed by atoms with E-state index in [0.29, 0.717) is 18.5 Å².